The second-order valence-electron chi connectivity index (χ2n) is 10.6. The molecule has 0 aromatic heterocycles. The Morgan fingerprint density at radius 3 is 2.36 bits per heavy atom. The van der Waals surface area contributed by atoms with Crippen molar-refractivity contribution in [2.24, 2.45) is 5.41 Å². The van der Waals surface area contributed by atoms with Gasteiger partial charge in [0, 0.05) is 25.2 Å². The van der Waals surface area contributed by atoms with Crippen molar-refractivity contribution in [1.29, 1.82) is 0 Å². The van der Waals surface area contributed by atoms with Crippen LogP contribution in [0.2, 0.25) is 0 Å². The van der Waals surface area contributed by atoms with E-state index in [1.54, 1.807) is 6.07 Å². The maximum Gasteiger partial charge on any atom is 0.339 e. The molecule has 5 rings (SSSR count). The van der Waals surface area contributed by atoms with Crippen molar-refractivity contribution in [3.05, 3.63) is 42.0 Å². The average Bonchev–Trinajstić information content (AvgIpc) is 3.46. The third-order valence-corrected chi connectivity index (χ3v) is 8.31. The fourth-order valence-corrected chi connectivity index (χ4v) is 6.39. The molecule has 194 valence electrons. The number of nitrogens with one attached hydrogen (secondary N) is 4. The summed E-state index contributed by atoms with van der Waals surface area (Å²) in [7, 11) is 1.37. The molecule has 3 aliphatic rings. The van der Waals surface area contributed by atoms with Gasteiger partial charge in [0.25, 0.3) is 0 Å². The van der Waals surface area contributed by atoms with E-state index in [1.807, 2.05) is 30.3 Å². The zero-order valence-electron chi connectivity index (χ0n) is 21.3. The molecule has 8 nitrogen and oxygen atoms in total. The van der Waals surface area contributed by atoms with Crippen molar-refractivity contribution in [3.8, 4) is 0 Å². The van der Waals surface area contributed by atoms with Crippen LogP contribution in [0.4, 0.5) is 5.69 Å². The van der Waals surface area contributed by atoms with Gasteiger partial charge in [-0.3, -0.25) is 9.69 Å². The highest BCUT2D eigenvalue weighted by molar-refractivity contribution is 6.06. The lowest BCUT2D eigenvalue weighted by atomic mass is 9.70. The largest absolute Gasteiger partial charge is 0.465 e. The Hall–Kier alpha value is -2.52. The van der Waals surface area contributed by atoms with Crippen LogP contribution >= 0.6 is 0 Å². The van der Waals surface area contributed by atoms with E-state index in [0.717, 1.165) is 49.8 Å². The molecule has 2 saturated heterocycles. The van der Waals surface area contributed by atoms with Gasteiger partial charge in [0.1, 0.15) is 6.04 Å². The number of amides is 1. The average molecular weight is 494 g/mol. The van der Waals surface area contributed by atoms with Crippen LogP contribution in [-0.4, -0.2) is 55.9 Å². The smallest absolute Gasteiger partial charge is 0.339 e. The molecule has 1 spiro atoms. The van der Waals surface area contributed by atoms with Gasteiger partial charge >= 0.3 is 5.97 Å². The van der Waals surface area contributed by atoms with Crippen LogP contribution < -0.4 is 21.5 Å². The molecule has 1 amide bonds. The Bertz CT molecular complexity index is 1070. The number of rotatable bonds is 4. The predicted octanol–water partition coefficient (Wildman–Crippen LogP) is 3.74. The van der Waals surface area contributed by atoms with Gasteiger partial charge in [0.05, 0.1) is 24.5 Å². The summed E-state index contributed by atoms with van der Waals surface area (Å²) in [5.74, 6) is -0.583. The standard InChI is InChI=1S/C28H39N5O3/c1-36-26(35)22-16-20-10-6-7-11-21(20)17-23(22)30-25(34)24-18-28(12-8-4-2-3-5-9-13-28)27(32-31-24)33-15-14-29-19-33/h6-7,10-11,16-17,24,27,29,31-32H,2-5,8-9,12-15,18-19H2,1H3,(H,30,34). The van der Waals surface area contributed by atoms with E-state index in [2.05, 4.69) is 26.4 Å². The number of carbonyl (C=O) groups excluding carboxylic acids is 2. The number of anilines is 1. The van der Waals surface area contributed by atoms with E-state index >= 15 is 0 Å². The van der Waals surface area contributed by atoms with Crippen molar-refractivity contribution in [3.63, 3.8) is 0 Å². The molecule has 2 unspecified atom stereocenters. The molecule has 0 radical (unpaired) electrons. The number of hydrogen-bond donors (Lipinski definition) is 4. The summed E-state index contributed by atoms with van der Waals surface area (Å²) in [6.07, 6.45) is 10.7. The number of hydrazine groups is 1. The highest BCUT2D eigenvalue weighted by Gasteiger charge is 2.48. The number of fused-ring (bicyclic) bond motifs is 1. The van der Waals surface area contributed by atoms with Gasteiger partial charge in [-0.1, -0.05) is 62.8 Å². The number of carbonyl (C=O) groups is 2. The highest BCUT2D eigenvalue weighted by Crippen LogP contribution is 2.44. The number of hydrogen-bond acceptors (Lipinski definition) is 7. The fourth-order valence-electron chi connectivity index (χ4n) is 6.39. The van der Waals surface area contributed by atoms with E-state index < -0.39 is 12.0 Å². The van der Waals surface area contributed by atoms with E-state index in [-0.39, 0.29) is 17.5 Å². The molecule has 3 fully saturated rings. The third-order valence-electron chi connectivity index (χ3n) is 8.31. The molecular formula is C28H39N5O3. The van der Waals surface area contributed by atoms with Crippen LogP contribution in [0.1, 0.15) is 68.1 Å². The lowest BCUT2D eigenvalue weighted by molar-refractivity contribution is -0.123. The first-order chi connectivity index (χ1) is 17.6. The van der Waals surface area contributed by atoms with Gasteiger partial charge < -0.3 is 15.4 Å². The van der Waals surface area contributed by atoms with Crippen molar-refractivity contribution in [1.82, 2.24) is 21.1 Å². The van der Waals surface area contributed by atoms with E-state index in [9.17, 15) is 9.59 Å². The lowest BCUT2D eigenvalue weighted by Gasteiger charge is -2.51. The van der Waals surface area contributed by atoms with E-state index in [1.165, 1.54) is 45.6 Å². The molecule has 2 aliphatic heterocycles. The van der Waals surface area contributed by atoms with Gasteiger partial charge in [-0.25, -0.2) is 15.6 Å². The minimum atomic E-state index is -0.458. The normalized spacial score (nSPS) is 25.1. The summed E-state index contributed by atoms with van der Waals surface area (Å²) in [6, 6.07) is 11.1. The fraction of sp³-hybridized carbons (Fsp3) is 0.571. The maximum absolute atomic E-state index is 13.7. The Morgan fingerprint density at radius 2 is 1.69 bits per heavy atom. The van der Waals surface area contributed by atoms with Crippen LogP contribution in [-0.2, 0) is 9.53 Å². The molecule has 8 heteroatoms. The summed E-state index contributed by atoms with van der Waals surface area (Å²) in [5, 5.41) is 8.43. The monoisotopic (exact) mass is 493 g/mol. The summed E-state index contributed by atoms with van der Waals surface area (Å²) in [6.45, 7) is 2.88. The summed E-state index contributed by atoms with van der Waals surface area (Å²) in [5.41, 5.74) is 7.79. The second-order valence-corrected chi connectivity index (χ2v) is 10.6. The van der Waals surface area contributed by atoms with Crippen LogP contribution in [0.3, 0.4) is 0 Å². The Balaban J connectivity index is 1.40. The molecule has 2 aromatic rings. The van der Waals surface area contributed by atoms with Crippen LogP contribution in [0.25, 0.3) is 10.8 Å². The SMILES string of the molecule is COC(=O)c1cc2ccccc2cc1NC(=O)C1CC2(CCCCCCCC2)C(N2CCNC2)NN1. The topological polar surface area (TPSA) is 94.7 Å². The van der Waals surface area contributed by atoms with E-state index in [0.29, 0.717) is 11.3 Å². The van der Waals surface area contributed by atoms with Gasteiger partial charge in [-0.05, 0) is 42.2 Å². The quantitative estimate of drug-likeness (QED) is 0.482. The molecule has 36 heavy (non-hydrogen) atoms. The second kappa shape index (κ2) is 11.3. The molecular weight excluding hydrogens is 454 g/mol. The van der Waals surface area contributed by atoms with Crippen molar-refractivity contribution >= 4 is 28.3 Å². The Labute approximate surface area is 213 Å². The molecule has 2 heterocycles. The van der Waals surface area contributed by atoms with Crippen LogP contribution in [0, 0.1) is 5.41 Å². The maximum atomic E-state index is 13.7. The summed E-state index contributed by atoms with van der Waals surface area (Å²) >= 11 is 0. The summed E-state index contributed by atoms with van der Waals surface area (Å²) < 4.78 is 5.02. The predicted molar refractivity (Wildman–Crippen MR) is 141 cm³/mol. The number of methoxy groups -OCH3 is 1. The highest BCUT2D eigenvalue weighted by atomic mass is 16.5. The van der Waals surface area contributed by atoms with Gasteiger partial charge in [-0.15, -0.1) is 0 Å². The Kier molecular flexibility index (Phi) is 7.86. The number of ether oxygens (including phenoxy) is 1. The molecule has 4 N–H and O–H groups in total. The van der Waals surface area contributed by atoms with Gasteiger partial charge in [0.15, 0.2) is 0 Å². The molecule has 0 bridgehead atoms. The van der Waals surface area contributed by atoms with Crippen molar-refractivity contribution in [2.45, 2.75) is 70.0 Å². The Morgan fingerprint density at radius 1 is 1.00 bits per heavy atom. The zero-order chi connectivity index (χ0) is 25.0. The summed E-state index contributed by atoms with van der Waals surface area (Å²) in [4.78, 5) is 28.7. The molecule has 2 aromatic carbocycles. The van der Waals surface area contributed by atoms with Gasteiger partial charge in [0.2, 0.25) is 5.91 Å². The number of benzene rings is 2. The molecule has 1 saturated carbocycles. The minimum Gasteiger partial charge on any atom is -0.465 e. The van der Waals surface area contributed by atoms with E-state index in [4.69, 9.17) is 4.74 Å². The van der Waals surface area contributed by atoms with Crippen molar-refractivity contribution in [2.75, 3.05) is 32.2 Å². The van der Waals surface area contributed by atoms with Crippen LogP contribution in [0.15, 0.2) is 36.4 Å². The lowest BCUT2D eigenvalue weighted by Crippen LogP contribution is -2.68. The first-order valence-electron chi connectivity index (χ1n) is 13.5. The first-order valence-corrected chi connectivity index (χ1v) is 13.5. The third kappa shape index (κ3) is 5.27. The number of nitrogens with zero attached hydrogens (tertiary/aromatic N) is 1. The van der Waals surface area contributed by atoms with Crippen molar-refractivity contribution < 1.29 is 14.3 Å². The number of esters is 1. The van der Waals surface area contributed by atoms with Gasteiger partial charge in [-0.2, -0.15) is 0 Å². The first kappa shape index (κ1) is 25.1. The minimum absolute atomic E-state index is 0.0260. The molecule has 2 atom stereocenters. The molecule has 1 aliphatic carbocycles. The zero-order valence-corrected chi connectivity index (χ0v) is 21.3. The van der Waals surface area contributed by atoms with Crippen LogP contribution in [0.5, 0.6) is 0 Å².